The predicted octanol–water partition coefficient (Wildman–Crippen LogP) is 5.37. The molecular formula is C17H15BrN4OS2. The number of nitrogens with one attached hydrogen (secondary N) is 1. The molecule has 1 aliphatic rings. The van der Waals surface area contributed by atoms with Gasteiger partial charge in [-0.25, -0.2) is 0 Å². The van der Waals surface area contributed by atoms with Crippen molar-refractivity contribution >= 4 is 44.7 Å². The molecule has 128 valence electrons. The van der Waals surface area contributed by atoms with Crippen molar-refractivity contribution < 1.29 is 4.74 Å². The second-order valence-electron chi connectivity index (χ2n) is 5.44. The third-order valence-corrected chi connectivity index (χ3v) is 6.08. The summed E-state index contributed by atoms with van der Waals surface area (Å²) in [4.78, 5) is 5.70. The Bertz CT molecular complexity index is 888. The molecule has 0 radical (unpaired) electrons. The maximum Gasteiger partial charge on any atom is 0.247 e. The molecule has 1 atom stereocenters. The summed E-state index contributed by atoms with van der Waals surface area (Å²) in [6, 6.07) is 10.1. The summed E-state index contributed by atoms with van der Waals surface area (Å²) in [7, 11) is 0. The minimum Gasteiger partial charge on any atom is -0.447 e. The Hall–Kier alpha value is -1.64. The number of rotatable bonds is 4. The minimum atomic E-state index is -0.304. The van der Waals surface area contributed by atoms with Crippen LogP contribution in [0.3, 0.4) is 0 Å². The Morgan fingerprint density at radius 2 is 2.24 bits per heavy atom. The van der Waals surface area contributed by atoms with E-state index in [4.69, 9.17) is 4.74 Å². The maximum atomic E-state index is 6.20. The summed E-state index contributed by atoms with van der Waals surface area (Å²) in [5.41, 5.74) is 2.53. The van der Waals surface area contributed by atoms with Crippen LogP contribution in [0.2, 0.25) is 0 Å². The van der Waals surface area contributed by atoms with E-state index in [1.54, 1.807) is 23.1 Å². The lowest BCUT2D eigenvalue weighted by Gasteiger charge is -2.17. The van der Waals surface area contributed by atoms with Gasteiger partial charge in [-0.3, -0.25) is 0 Å². The van der Waals surface area contributed by atoms with Crippen LogP contribution in [0, 0.1) is 0 Å². The smallest absolute Gasteiger partial charge is 0.247 e. The third-order valence-electron chi connectivity index (χ3n) is 3.63. The van der Waals surface area contributed by atoms with E-state index >= 15 is 0 Å². The highest BCUT2D eigenvalue weighted by Gasteiger charge is 2.26. The van der Waals surface area contributed by atoms with Crippen molar-refractivity contribution in [3.05, 3.63) is 45.1 Å². The molecule has 25 heavy (non-hydrogen) atoms. The first-order valence-corrected chi connectivity index (χ1v) is 10.5. The molecule has 0 amide bonds. The first-order chi connectivity index (χ1) is 12.2. The van der Waals surface area contributed by atoms with Crippen molar-refractivity contribution in [2.24, 2.45) is 0 Å². The van der Waals surface area contributed by atoms with Crippen molar-refractivity contribution in [1.29, 1.82) is 0 Å². The average Bonchev–Trinajstić information content (AvgIpc) is 3.10. The van der Waals surface area contributed by atoms with Gasteiger partial charge in [-0.2, -0.15) is 4.98 Å². The van der Waals surface area contributed by atoms with Gasteiger partial charge in [-0.05, 0) is 36.1 Å². The van der Waals surface area contributed by atoms with Crippen LogP contribution in [-0.2, 0) is 0 Å². The van der Waals surface area contributed by atoms with Gasteiger partial charge in [-0.15, -0.1) is 21.5 Å². The molecule has 8 heteroatoms. The predicted molar refractivity (Wildman–Crippen MR) is 105 cm³/mol. The highest BCUT2D eigenvalue weighted by atomic mass is 79.9. The van der Waals surface area contributed by atoms with Crippen molar-refractivity contribution in [2.75, 3.05) is 11.1 Å². The summed E-state index contributed by atoms with van der Waals surface area (Å²) >= 11 is 6.77. The summed E-state index contributed by atoms with van der Waals surface area (Å²) in [6.07, 6.45) is 0.753. The van der Waals surface area contributed by atoms with Crippen LogP contribution in [0.25, 0.3) is 11.3 Å². The number of thioether (sulfide) groups is 1. The van der Waals surface area contributed by atoms with E-state index in [9.17, 15) is 0 Å². The van der Waals surface area contributed by atoms with E-state index in [2.05, 4.69) is 43.4 Å². The minimum absolute atomic E-state index is 0.304. The average molecular weight is 435 g/mol. The number of anilines is 1. The lowest BCUT2D eigenvalue weighted by molar-refractivity contribution is 0.229. The molecule has 4 rings (SSSR count). The van der Waals surface area contributed by atoms with E-state index in [0.29, 0.717) is 16.7 Å². The van der Waals surface area contributed by atoms with Gasteiger partial charge in [0.1, 0.15) is 0 Å². The zero-order chi connectivity index (χ0) is 17.2. The van der Waals surface area contributed by atoms with E-state index in [1.165, 1.54) is 0 Å². The Morgan fingerprint density at radius 3 is 3.04 bits per heavy atom. The third kappa shape index (κ3) is 3.51. The molecule has 0 unspecified atom stereocenters. The maximum absolute atomic E-state index is 6.20. The van der Waals surface area contributed by atoms with E-state index in [-0.39, 0.29) is 6.23 Å². The van der Waals surface area contributed by atoms with Crippen LogP contribution in [-0.4, -0.2) is 20.9 Å². The van der Waals surface area contributed by atoms with Crippen molar-refractivity contribution in [3.63, 3.8) is 0 Å². The van der Waals surface area contributed by atoms with Gasteiger partial charge in [0, 0.05) is 21.5 Å². The highest BCUT2D eigenvalue weighted by molar-refractivity contribution is 9.10. The van der Waals surface area contributed by atoms with Crippen molar-refractivity contribution in [3.8, 4) is 17.1 Å². The summed E-state index contributed by atoms with van der Waals surface area (Å²) in [6.45, 7) is 2.13. The molecule has 0 fully saturated rings. The number of benzene rings is 1. The fourth-order valence-electron chi connectivity index (χ4n) is 2.49. The molecular weight excluding hydrogens is 420 g/mol. The monoisotopic (exact) mass is 434 g/mol. The molecule has 3 aromatic rings. The Kier molecular flexibility index (Phi) is 4.91. The number of fused-ring (bicyclic) bond motifs is 3. The van der Waals surface area contributed by atoms with Gasteiger partial charge in [-0.1, -0.05) is 40.7 Å². The van der Waals surface area contributed by atoms with Crippen molar-refractivity contribution in [2.45, 2.75) is 24.7 Å². The molecule has 1 N–H and O–H groups in total. The molecule has 1 aliphatic heterocycles. The standard InChI is InChI=1S/C17H15BrN4OS2/c1-2-7-25-17-20-16-14(21-22-17)11-9-10(18)5-6-12(11)19-15(23-16)13-4-3-8-24-13/h3-6,8-9,15,19H,2,7H2,1H3/t15-/m0/s1. The molecule has 1 aromatic carbocycles. The van der Waals surface area contributed by atoms with Crippen molar-refractivity contribution in [1.82, 2.24) is 15.2 Å². The largest absolute Gasteiger partial charge is 0.447 e. The Balaban J connectivity index is 1.81. The molecule has 0 aliphatic carbocycles. The lowest BCUT2D eigenvalue weighted by Crippen LogP contribution is -2.15. The SMILES string of the molecule is CCCSc1nnc2c(n1)O[C@@H](c1cccs1)Nc1ccc(Br)cc1-2. The zero-order valence-electron chi connectivity index (χ0n) is 13.4. The summed E-state index contributed by atoms with van der Waals surface area (Å²) < 4.78 is 7.17. The van der Waals surface area contributed by atoms with Crippen LogP contribution in [0.5, 0.6) is 5.88 Å². The van der Waals surface area contributed by atoms with Gasteiger partial charge in [0.15, 0.2) is 5.69 Å². The Labute approximate surface area is 162 Å². The van der Waals surface area contributed by atoms with Gasteiger partial charge < -0.3 is 10.1 Å². The van der Waals surface area contributed by atoms with Gasteiger partial charge >= 0.3 is 0 Å². The topological polar surface area (TPSA) is 59.9 Å². The van der Waals surface area contributed by atoms with Crippen LogP contribution in [0.15, 0.2) is 45.3 Å². The van der Waals surface area contributed by atoms with E-state index in [0.717, 1.165) is 32.8 Å². The van der Waals surface area contributed by atoms with Crippen LogP contribution >= 0.6 is 39.0 Å². The molecule has 0 bridgehead atoms. The first kappa shape index (κ1) is 16.8. The normalized spacial score (nSPS) is 15.5. The fourth-order valence-corrected chi connectivity index (χ4v) is 4.19. The zero-order valence-corrected chi connectivity index (χ0v) is 16.6. The second-order valence-corrected chi connectivity index (χ2v) is 8.40. The number of halogens is 1. The molecule has 0 saturated carbocycles. The summed E-state index contributed by atoms with van der Waals surface area (Å²) in [5.74, 6) is 1.46. The number of hydrogen-bond donors (Lipinski definition) is 1. The van der Waals surface area contributed by atoms with Gasteiger partial charge in [0.05, 0.1) is 4.88 Å². The number of nitrogens with zero attached hydrogens (tertiary/aromatic N) is 3. The number of ether oxygens (including phenoxy) is 1. The first-order valence-electron chi connectivity index (χ1n) is 7.88. The van der Waals surface area contributed by atoms with Gasteiger partial charge in [0.25, 0.3) is 0 Å². The van der Waals surface area contributed by atoms with E-state index < -0.39 is 0 Å². The number of aromatic nitrogens is 3. The lowest BCUT2D eigenvalue weighted by atomic mass is 10.1. The molecule has 3 heterocycles. The molecule has 5 nitrogen and oxygen atoms in total. The highest BCUT2D eigenvalue weighted by Crippen LogP contribution is 2.41. The van der Waals surface area contributed by atoms with Crippen LogP contribution in [0.1, 0.15) is 24.4 Å². The number of thiophene rings is 1. The number of hydrogen-bond acceptors (Lipinski definition) is 7. The summed E-state index contributed by atoms with van der Waals surface area (Å²) in [5, 5.41) is 14.8. The van der Waals surface area contributed by atoms with Crippen LogP contribution in [0.4, 0.5) is 5.69 Å². The molecule has 2 aromatic heterocycles. The van der Waals surface area contributed by atoms with E-state index in [1.807, 2.05) is 35.7 Å². The molecule has 0 spiro atoms. The second kappa shape index (κ2) is 7.31. The fraction of sp³-hybridized carbons (Fsp3) is 0.235. The van der Waals surface area contributed by atoms with Crippen LogP contribution < -0.4 is 10.1 Å². The quantitative estimate of drug-likeness (QED) is 0.557. The molecule has 0 saturated heterocycles. The van der Waals surface area contributed by atoms with Gasteiger partial charge in [0.2, 0.25) is 17.3 Å². The Morgan fingerprint density at radius 1 is 1.32 bits per heavy atom.